The van der Waals surface area contributed by atoms with Gasteiger partial charge in [-0.1, -0.05) is 40.4 Å². The lowest BCUT2D eigenvalue weighted by atomic mass is 9.88. The van der Waals surface area contributed by atoms with E-state index in [0.29, 0.717) is 0 Å². The number of rotatable bonds is 5. The zero-order chi connectivity index (χ0) is 18.7. The summed E-state index contributed by atoms with van der Waals surface area (Å²) in [5.74, 6) is 2.50. The van der Waals surface area contributed by atoms with E-state index in [4.69, 9.17) is 9.47 Å². The minimum atomic E-state index is -1.57. The Bertz CT molecular complexity index is 529. The van der Waals surface area contributed by atoms with Crippen LogP contribution in [0.3, 0.4) is 0 Å². The summed E-state index contributed by atoms with van der Waals surface area (Å²) in [6, 6.07) is -0.212. The summed E-state index contributed by atoms with van der Waals surface area (Å²) >= 11 is 0. The fourth-order valence-electron chi connectivity index (χ4n) is 2.65. The maximum Gasteiger partial charge on any atom is 0.416 e. The molecule has 1 aliphatic rings. The quantitative estimate of drug-likeness (QED) is 0.563. The van der Waals surface area contributed by atoms with Crippen LogP contribution in [0.1, 0.15) is 27.7 Å². The third-order valence-corrected chi connectivity index (χ3v) is 5.23. The number of nitrogens with zero attached hydrogens (tertiary/aromatic N) is 1. The van der Waals surface area contributed by atoms with E-state index in [1.54, 1.807) is 7.11 Å². The van der Waals surface area contributed by atoms with E-state index < -0.39 is 20.1 Å². The number of imide groups is 1. The lowest BCUT2D eigenvalue weighted by Crippen LogP contribution is -2.47. The van der Waals surface area contributed by atoms with Gasteiger partial charge in [-0.2, -0.15) is 0 Å². The molecule has 0 aromatic rings. The number of ether oxygens (including phenoxy) is 2. The van der Waals surface area contributed by atoms with Crippen LogP contribution in [-0.2, 0) is 14.3 Å². The van der Waals surface area contributed by atoms with Crippen LogP contribution in [0.2, 0.25) is 19.6 Å². The van der Waals surface area contributed by atoms with Crippen LogP contribution >= 0.6 is 0 Å². The molecule has 1 rings (SSSR count). The number of amides is 2. The van der Waals surface area contributed by atoms with Crippen molar-refractivity contribution in [3.8, 4) is 11.5 Å². The van der Waals surface area contributed by atoms with Gasteiger partial charge in [-0.25, -0.2) is 9.69 Å². The molecule has 0 aromatic carbocycles. The molecule has 0 bridgehead atoms. The summed E-state index contributed by atoms with van der Waals surface area (Å²) in [7, 11) is 0.0484. The molecule has 0 aliphatic carbocycles. The van der Waals surface area contributed by atoms with Crippen molar-refractivity contribution in [1.82, 2.24) is 4.90 Å². The average Bonchev–Trinajstić information content (AvgIpc) is 2.86. The molecule has 136 valence electrons. The Morgan fingerprint density at radius 1 is 1.29 bits per heavy atom. The molecular formula is C18H31NO4Si. The van der Waals surface area contributed by atoms with Gasteiger partial charge in [-0.15, -0.1) is 11.5 Å². The molecule has 5 nitrogen and oxygen atoms in total. The molecule has 0 aromatic heterocycles. The van der Waals surface area contributed by atoms with Gasteiger partial charge < -0.3 is 9.47 Å². The third-order valence-electron chi connectivity index (χ3n) is 4.33. The summed E-state index contributed by atoms with van der Waals surface area (Å²) < 4.78 is 10.5. The van der Waals surface area contributed by atoms with Gasteiger partial charge in [0.05, 0.1) is 24.0 Å². The SMILES string of the molecule is CO[C@@H](C)[C@@H](C#C[Si](C)(C)C)[C@@H](C)C(=O)N1C(=O)OC[C@@H]1C(C)C. The second-order valence-electron chi connectivity index (χ2n) is 7.87. The van der Waals surface area contributed by atoms with Crippen molar-refractivity contribution in [2.24, 2.45) is 17.8 Å². The predicted octanol–water partition coefficient (Wildman–Crippen LogP) is 3.16. The molecular weight excluding hydrogens is 322 g/mol. The van der Waals surface area contributed by atoms with E-state index in [-0.39, 0.29) is 36.5 Å². The Hall–Kier alpha value is -1.32. The van der Waals surface area contributed by atoms with Crippen LogP contribution in [0.25, 0.3) is 0 Å². The van der Waals surface area contributed by atoms with Crippen molar-refractivity contribution in [3.63, 3.8) is 0 Å². The van der Waals surface area contributed by atoms with Crippen molar-refractivity contribution in [1.29, 1.82) is 0 Å². The Labute approximate surface area is 147 Å². The highest BCUT2D eigenvalue weighted by atomic mass is 28.3. The third kappa shape index (κ3) is 5.09. The predicted molar refractivity (Wildman–Crippen MR) is 97.1 cm³/mol. The lowest BCUT2D eigenvalue weighted by molar-refractivity contribution is -0.135. The molecule has 0 spiro atoms. The van der Waals surface area contributed by atoms with Gasteiger partial charge in [-0.05, 0) is 12.8 Å². The van der Waals surface area contributed by atoms with Gasteiger partial charge >= 0.3 is 6.09 Å². The fourth-order valence-corrected chi connectivity index (χ4v) is 3.25. The minimum absolute atomic E-state index is 0.152. The topological polar surface area (TPSA) is 55.8 Å². The molecule has 6 heteroatoms. The molecule has 4 atom stereocenters. The first-order valence-electron chi connectivity index (χ1n) is 8.55. The van der Waals surface area contributed by atoms with Crippen LogP contribution in [0.5, 0.6) is 0 Å². The van der Waals surface area contributed by atoms with E-state index in [0.717, 1.165) is 0 Å². The number of hydrogen-bond donors (Lipinski definition) is 0. The second-order valence-corrected chi connectivity index (χ2v) is 12.6. The number of methoxy groups -OCH3 is 1. The Balaban J connectivity index is 3.08. The minimum Gasteiger partial charge on any atom is -0.447 e. The first-order valence-corrected chi connectivity index (χ1v) is 12.0. The van der Waals surface area contributed by atoms with Crippen LogP contribution < -0.4 is 0 Å². The summed E-state index contributed by atoms with van der Waals surface area (Å²) in [4.78, 5) is 26.3. The van der Waals surface area contributed by atoms with Crippen molar-refractivity contribution in [2.45, 2.75) is 59.5 Å². The largest absolute Gasteiger partial charge is 0.447 e. The van der Waals surface area contributed by atoms with Gasteiger partial charge in [0.25, 0.3) is 0 Å². The van der Waals surface area contributed by atoms with E-state index in [1.807, 2.05) is 27.7 Å². The van der Waals surface area contributed by atoms with Crippen LogP contribution in [0, 0.1) is 29.2 Å². The zero-order valence-electron chi connectivity index (χ0n) is 16.2. The number of carbonyl (C=O) groups excluding carboxylic acids is 2. The first-order chi connectivity index (χ1) is 11.0. The van der Waals surface area contributed by atoms with E-state index in [1.165, 1.54) is 4.90 Å². The maximum absolute atomic E-state index is 13.0. The maximum atomic E-state index is 13.0. The van der Waals surface area contributed by atoms with Crippen LogP contribution in [-0.4, -0.2) is 50.8 Å². The van der Waals surface area contributed by atoms with Gasteiger partial charge in [0.2, 0.25) is 5.91 Å². The van der Waals surface area contributed by atoms with E-state index >= 15 is 0 Å². The molecule has 1 fully saturated rings. The van der Waals surface area contributed by atoms with Crippen LogP contribution in [0.15, 0.2) is 0 Å². The smallest absolute Gasteiger partial charge is 0.416 e. The zero-order valence-corrected chi connectivity index (χ0v) is 17.2. The second kappa shape index (κ2) is 8.17. The van der Waals surface area contributed by atoms with Gasteiger partial charge in [0, 0.05) is 7.11 Å². The van der Waals surface area contributed by atoms with E-state index in [2.05, 4.69) is 31.1 Å². The number of carbonyl (C=O) groups is 2. The standard InChI is InChI=1S/C18H31NO4Si/c1-12(2)16-11-23-18(21)19(16)17(20)13(3)15(14(4)22-5)9-10-24(6,7)8/h12-16H,11H2,1-8H3/t13-,14+,15+,16-/m1/s1. The highest BCUT2D eigenvalue weighted by Gasteiger charge is 2.43. The normalized spacial score (nSPS) is 21.8. The number of cyclic esters (lactones) is 1. The van der Waals surface area contributed by atoms with Crippen molar-refractivity contribution in [3.05, 3.63) is 0 Å². The molecule has 0 N–H and O–H groups in total. The van der Waals surface area contributed by atoms with E-state index in [9.17, 15) is 9.59 Å². The first kappa shape index (κ1) is 20.7. The molecule has 1 aliphatic heterocycles. The molecule has 2 amide bonds. The van der Waals surface area contributed by atoms with Gasteiger partial charge in [0.15, 0.2) is 0 Å². The highest BCUT2D eigenvalue weighted by molar-refractivity contribution is 6.83. The lowest BCUT2D eigenvalue weighted by Gasteiger charge is -2.29. The Kier molecular flexibility index (Phi) is 7.06. The van der Waals surface area contributed by atoms with Gasteiger partial charge in [0.1, 0.15) is 14.7 Å². The highest BCUT2D eigenvalue weighted by Crippen LogP contribution is 2.26. The summed E-state index contributed by atoms with van der Waals surface area (Å²) in [5.41, 5.74) is 3.33. The average molecular weight is 354 g/mol. The Morgan fingerprint density at radius 2 is 1.88 bits per heavy atom. The summed E-state index contributed by atoms with van der Waals surface area (Å²) in [6.07, 6.45) is -0.739. The van der Waals surface area contributed by atoms with Gasteiger partial charge in [-0.3, -0.25) is 4.79 Å². The molecule has 1 saturated heterocycles. The Morgan fingerprint density at radius 3 is 2.33 bits per heavy atom. The summed E-state index contributed by atoms with van der Waals surface area (Å²) in [6.45, 7) is 14.4. The molecule has 0 unspecified atom stereocenters. The summed E-state index contributed by atoms with van der Waals surface area (Å²) in [5, 5.41) is 0. The number of hydrogen-bond acceptors (Lipinski definition) is 4. The van der Waals surface area contributed by atoms with Crippen molar-refractivity contribution < 1.29 is 19.1 Å². The fraction of sp³-hybridized carbons (Fsp3) is 0.778. The molecule has 1 heterocycles. The van der Waals surface area contributed by atoms with Crippen LogP contribution in [0.4, 0.5) is 4.79 Å². The van der Waals surface area contributed by atoms with Crippen molar-refractivity contribution in [2.75, 3.05) is 13.7 Å². The monoisotopic (exact) mass is 353 g/mol. The molecule has 24 heavy (non-hydrogen) atoms. The molecule has 0 saturated carbocycles. The molecule has 0 radical (unpaired) electrons. The van der Waals surface area contributed by atoms with Crippen molar-refractivity contribution >= 4 is 20.1 Å².